The molecule has 94 valence electrons. The number of benzene rings is 1. The van der Waals surface area contributed by atoms with Crippen molar-refractivity contribution in [2.75, 3.05) is 12.8 Å². The number of anilines is 1. The number of halogens is 1. The summed E-state index contributed by atoms with van der Waals surface area (Å²) in [5, 5.41) is 0. The Balaban J connectivity index is 2.14. The Morgan fingerprint density at radius 2 is 1.94 bits per heavy atom. The van der Waals surface area contributed by atoms with Gasteiger partial charge in [-0.25, -0.2) is 4.39 Å². The maximum absolute atomic E-state index is 13.4. The fraction of sp³-hybridized carbons (Fsp3) is 0.167. The van der Waals surface area contributed by atoms with Crippen molar-refractivity contribution in [3.05, 3.63) is 42.0 Å². The van der Waals surface area contributed by atoms with Crippen molar-refractivity contribution in [3.8, 4) is 11.8 Å². The van der Waals surface area contributed by atoms with Crippen LogP contribution in [0.4, 0.5) is 10.1 Å². The van der Waals surface area contributed by atoms with Crippen LogP contribution in [0.3, 0.4) is 0 Å². The molecule has 0 aliphatic rings. The molecule has 0 saturated heterocycles. The Hall–Kier alpha value is -2.37. The molecular weight excluding hydrogens is 237 g/mol. The maximum atomic E-state index is 13.4. The Bertz CT molecular complexity index is 549. The van der Waals surface area contributed by atoms with E-state index >= 15 is 0 Å². The van der Waals surface area contributed by atoms with Crippen LogP contribution in [-0.2, 0) is 6.61 Å². The number of rotatable bonds is 4. The number of aromatic nitrogens is 2. The van der Waals surface area contributed by atoms with Gasteiger partial charge in [0.15, 0.2) is 5.69 Å². The zero-order valence-electron chi connectivity index (χ0n) is 9.76. The van der Waals surface area contributed by atoms with E-state index < -0.39 is 0 Å². The Labute approximate surface area is 103 Å². The van der Waals surface area contributed by atoms with Crippen LogP contribution in [0.15, 0.2) is 30.6 Å². The maximum Gasteiger partial charge on any atom is 0.244 e. The van der Waals surface area contributed by atoms with Crippen molar-refractivity contribution < 1.29 is 13.9 Å². The number of hydrogen-bond acceptors (Lipinski definition) is 5. The molecule has 0 aliphatic carbocycles. The van der Waals surface area contributed by atoms with Gasteiger partial charge in [-0.3, -0.25) is 0 Å². The Morgan fingerprint density at radius 1 is 1.22 bits per heavy atom. The third kappa shape index (κ3) is 2.48. The first-order valence-corrected chi connectivity index (χ1v) is 5.23. The molecule has 0 spiro atoms. The zero-order valence-corrected chi connectivity index (χ0v) is 9.76. The predicted octanol–water partition coefficient (Wildman–Crippen LogP) is 1.79. The molecule has 0 bridgehead atoms. The smallest absolute Gasteiger partial charge is 0.244 e. The van der Waals surface area contributed by atoms with E-state index in [2.05, 4.69) is 9.97 Å². The molecule has 2 N–H and O–H groups in total. The summed E-state index contributed by atoms with van der Waals surface area (Å²) >= 11 is 0. The van der Waals surface area contributed by atoms with Gasteiger partial charge in [-0.1, -0.05) is 18.2 Å². The minimum atomic E-state index is -0.336. The number of nitrogens with zero attached hydrogens (tertiary/aromatic N) is 2. The quantitative estimate of drug-likeness (QED) is 0.894. The molecule has 18 heavy (non-hydrogen) atoms. The van der Waals surface area contributed by atoms with Gasteiger partial charge in [0.1, 0.15) is 18.8 Å². The van der Waals surface area contributed by atoms with Crippen LogP contribution in [0, 0.1) is 5.82 Å². The summed E-state index contributed by atoms with van der Waals surface area (Å²) in [6.45, 7) is 0.0387. The van der Waals surface area contributed by atoms with Gasteiger partial charge < -0.3 is 15.2 Å². The van der Waals surface area contributed by atoms with Crippen molar-refractivity contribution in [2.45, 2.75) is 6.61 Å². The van der Waals surface area contributed by atoms with Crippen LogP contribution in [-0.4, -0.2) is 17.1 Å². The third-order valence-electron chi connectivity index (χ3n) is 2.33. The fourth-order valence-corrected chi connectivity index (χ4v) is 1.40. The first kappa shape index (κ1) is 12.1. The molecule has 1 aromatic carbocycles. The lowest BCUT2D eigenvalue weighted by atomic mass is 10.2. The summed E-state index contributed by atoms with van der Waals surface area (Å²) in [6, 6.07) is 6.33. The largest absolute Gasteiger partial charge is 0.479 e. The molecule has 1 aromatic heterocycles. The highest BCUT2D eigenvalue weighted by molar-refractivity contribution is 5.55. The summed E-state index contributed by atoms with van der Waals surface area (Å²) in [6.07, 6.45) is 1.27. The van der Waals surface area contributed by atoms with Crippen LogP contribution in [0.5, 0.6) is 11.8 Å². The van der Waals surface area contributed by atoms with Gasteiger partial charge in [0.2, 0.25) is 11.8 Å². The molecule has 2 rings (SSSR count). The number of nitrogens with two attached hydrogens (primary N) is 1. The summed E-state index contributed by atoms with van der Waals surface area (Å²) in [5.74, 6) is 0.0655. The van der Waals surface area contributed by atoms with E-state index in [-0.39, 0.29) is 29.9 Å². The van der Waals surface area contributed by atoms with Crippen LogP contribution in [0.1, 0.15) is 5.56 Å². The summed E-state index contributed by atoms with van der Waals surface area (Å²) in [5.41, 5.74) is 6.34. The first-order valence-electron chi connectivity index (χ1n) is 5.23. The molecular formula is C12H12FN3O2. The second-order valence-electron chi connectivity index (χ2n) is 3.48. The van der Waals surface area contributed by atoms with Crippen molar-refractivity contribution in [1.29, 1.82) is 0 Å². The van der Waals surface area contributed by atoms with Crippen molar-refractivity contribution in [1.82, 2.24) is 9.97 Å². The van der Waals surface area contributed by atoms with Gasteiger partial charge in [0, 0.05) is 5.56 Å². The van der Waals surface area contributed by atoms with E-state index in [1.807, 2.05) is 0 Å². The first-order chi connectivity index (χ1) is 8.72. The lowest BCUT2D eigenvalue weighted by Gasteiger charge is -2.09. The molecule has 1 heterocycles. The second-order valence-corrected chi connectivity index (χ2v) is 3.48. The average molecular weight is 249 g/mol. The zero-order chi connectivity index (χ0) is 13.0. The summed E-state index contributed by atoms with van der Waals surface area (Å²) in [7, 11) is 1.44. The molecule has 2 aromatic rings. The lowest BCUT2D eigenvalue weighted by molar-refractivity contribution is 0.286. The van der Waals surface area contributed by atoms with Gasteiger partial charge in [0.25, 0.3) is 0 Å². The van der Waals surface area contributed by atoms with Gasteiger partial charge in [-0.2, -0.15) is 9.97 Å². The number of methoxy groups -OCH3 is 1. The predicted molar refractivity (Wildman–Crippen MR) is 63.7 cm³/mol. The molecule has 0 fully saturated rings. The highest BCUT2D eigenvalue weighted by Gasteiger charge is 2.10. The van der Waals surface area contributed by atoms with E-state index in [4.69, 9.17) is 15.2 Å². The normalized spacial score (nSPS) is 10.1. The highest BCUT2D eigenvalue weighted by atomic mass is 19.1. The van der Waals surface area contributed by atoms with Crippen LogP contribution in [0.2, 0.25) is 0 Å². The number of nitrogen functional groups attached to an aromatic ring is 1. The number of ether oxygens (including phenoxy) is 2. The SMILES string of the molecule is COc1ncnc(OCc2ccccc2F)c1N. The average Bonchev–Trinajstić information content (AvgIpc) is 2.39. The number of hydrogen-bond donors (Lipinski definition) is 1. The lowest BCUT2D eigenvalue weighted by Crippen LogP contribution is -2.04. The van der Waals surface area contributed by atoms with E-state index in [1.165, 1.54) is 19.5 Å². The van der Waals surface area contributed by atoms with Crippen LogP contribution < -0.4 is 15.2 Å². The molecule has 0 saturated carbocycles. The highest BCUT2D eigenvalue weighted by Crippen LogP contribution is 2.26. The van der Waals surface area contributed by atoms with Gasteiger partial charge in [-0.15, -0.1) is 0 Å². The van der Waals surface area contributed by atoms with E-state index in [0.29, 0.717) is 5.56 Å². The Morgan fingerprint density at radius 3 is 2.67 bits per heavy atom. The van der Waals surface area contributed by atoms with Gasteiger partial charge in [0.05, 0.1) is 7.11 Å². The molecule has 0 atom stereocenters. The monoisotopic (exact) mass is 249 g/mol. The van der Waals surface area contributed by atoms with Gasteiger partial charge >= 0.3 is 0 Å². The Kier molecular flexibility index (Phi) is 3.57. The summed E-state index contributed by atoms with van der Waals surface area (Å²) in [4.78, 5) is 7.69. The molecule has 0 aliphatic heterocycles. The molecule has 6 heteroatoms. The standard InChI is InChI=1S/C12H12FN3O2/c1-17-11-10(14)12(16-7-15-11)18-6-8-4-2-3-5-9(8)13/h2-5,7H,6,14H2,1H3. The third-order valence-corrected chi connectivity index (χ3v) is 2.33. The second kappa shape index (κ2) is 5.31. The van der Waals surface area contributed by atoms with Crippen molar-refractivity contribution >= 4 is 5.69 Å². The van der Waals surface area contributed by atoms with E-state index in [0.717, 1.165) is 0 Å². The van der Waals surface area contributed by atoms with Crippen LogP contribution in [0.25, 0.3) is 0 Å². The van der Waals surface area contributed by atoms with Gasteiger partial charge in [-0.05, 0) is 6.07 Å². The topological polar surface area (TPSA) is 70.3 Å². The van der Waals surface area contributed by atoms with Crippen LogP contribution >= 0.6 is 0 Å². The summed E-state index contributed by atoms with van der Waals surface area (Å²) < 4.78 is 23.7. The van der Waals surface area contributed by atoms with E-state index in [1.54, 1.807) is 18.2 Å². The van der Waals surface area contributed by atoms with Crippen molar-refractivity contribution in [3.63, 3.8) is 0 Å². The molecule has 0 radical (unpaired) electrons. The molecule has 5 nitrogen and oxygen atoms in total. The minimum Gasteiger partial charge on any atom is -0.479 e. The van der Waals surface area contributed by atoms with Crippen molar-refractivity contribution in [2.24, 2.45) is 0 Å². The molecule has 0 unspecified atom stereocenters. The fourth-order valence-electron chi connectivity index (χ4n) is 1.40. The van der Waals surface area contributed by atoms with E-state index in [9.17, 15) is 4.39 Å². The minimum absolute atomic E-state index is 0.0387. The molecule has 0 amide bonds.